The molecule has 4 aromatic rings. The maximum atomic E-state index is 12.7. The van der Waals surface area contributed by atoms with Crippen LogP contribution in [0.4, 0.5) is 0 Å². The fourth-order valence-electron chi connectivity index (χ4n) is 3.46. The van der Waals surface area contributed by atoms with E-state index >= 15 is 0 Å². The van der Waals surface area contributed by atoms with Crippen LogP contribution in [0, 0.1) is 0 Å². The number of thiazole rings is 1. The van der Waals surface area contributed by atoms with Gasteiger partial charge >= 0.3 is 0 Å². The molecule has 0 aliphatic carbocycles. The van der Waals surface area contributed by atoms with E-state index in [2.05, 4.69) is 19.9 Å². The number of thioether (sulfide) groups is 1. The number of hydrogen-bond acceptors (Lipinski definition) is 9. The normalized spacial score (nSPS) is 15.3. The van der Waals surface area contributed by atoms with Gasteiger partial charge in [0.2, 0.25) is 5.91 Å². The highest BCUT2D eigenvalue weighted by atomic mass is 32.2. The number of carbonyl (C=O) groups is 1. The van der Waals surface area contributed by atoms with Crippen molar-refractivity contribution >= 4 is 55.5 Å². The maximum absolute atomic E-state index is 12.7. The first-order valence-corrected chi connectivity index (χ1v) is 12.2. The molecule has 1 aliphatic rings. The van der Waals surface area contributed by atoms with Crippen LogP contribution in [0.1, 0.15) is 5.69 Å². The average molecular weight is 459 g/mol. The Morgan fingerprint density at radius 3 is 2.87 bits per heavy atom. The molecule has 0 unspecified atom stereocenters. The molecule has 0 atom stereocenters. The van der Waals surface area contributed by atoms with Gasteiger partial charge in [-0.1, -0.05) is 11.8 Å². The Labute approximate surface area is 184 Å². The first kappa shape index (κ1) is 19.6. The quantitative estimate of drug-likeness (QED) is 0.335. The number of thiophene rings is 1. The van der Waals surface area contributed by atoms with Crippen LogP contribution in [-0.2, 0) is 11.3 Å². The molecule has 1 saturated heterocycles. The highest BCUT2D eigenvalue weighted by Crippen LogP contribution is 2.27. The Bertz CT molecular complexity index is 1260. The van der Waals surface area contributed by atoms with Crippen LogP contribution in [0.5, 0.6) is 0 Å². The van der Waals surface area contributed by atoms with Gasteiger partial charge < -0.3 is 4.90 Å². The zero-order valence-corrected chi connectivity index (χ0v) is 18.4. The molecule has 0 radical (unpaired) electrons. The first-order valence-electron chi connectivity index (χ1n) is 9.44. The second kappa shape index (κ2) is 8.42. The van der Waals surface area contributed by atoms with Crippen molar-refractivity contribution in [1.82, 2.24) is 29.2 Å². The summed E-state index contributed by atoms with van der Waals surface area (Å²) in [7, 11) is 0. The summed E-state index contributed by atoms with van der Waals surface area (Å²) in [5, 5.41) is 5.72. The van der Waals surface area contributed by atoms with E-state index in [1.54, 1.807) is 34.3 Å². The number of carbonyl (C=O) groups excluding carboxylic acids is 1. The number of aromatic nitrogens is 4. The van der Waals surface area contributed by atoms with E-state index in [-0.39, 0.29) is 11.5 Å². The maximum Gasteiger partial charge on any atom is 0.258 e. The molecule has 0 aromatic carbocycles. The fourth-order valence-corrected chi connectivity index (χ4v) is 5.88. The summed E-state index contributed by atoms with van der Waals surface area (Å²) in [4.78, 5) is 43.8. The third-order valence-electron chi connectivity index (χ3n) is 5.02. The summed E-state index contributed by atoms with van der Waals surface area (Å²) in [6.45, 7) is 3.51. The number of amides is 1. The van der Waals surface area contributed by atoms with Crippen molar-refractivity contribution in [2.45, 2.75) is 11.6 Å². The van der Waals surface area contributed by atoms with E-state index in [4.69, 9.17) is 0 Å². The lowest BCUT2D eigenvalue weighted by atomic mass is 10.3. The third kappa shape index (κ3) is 3.97. The Hall–Kier alpha value is -2.34. The van der Waals surface area contributed by atoms with E-state index in [1.807, 2.05) is 21.7 Å². The molecule has 1 amide bonds. The number of nitrogens with zero attached hydrogens (tertiary/aromatic N) is 6. The van der Waals surface area contributed by atoms with Gasteiger partial charge in [-0.3, -0.25) is 18.9 Å². The second-order valence-electron chi connectivity index (χ2n) is 6.91. The topological polar surface area (TPSA) is 83.7 Å². The molecule has 0 N–H and O–H groups in total. The minimum atomic E-state index is -0.0495. The fraction of sp³-hybridized carbons (Fsp3) is 0.316. The van der Waals surface area contributed by atoms with Gasteiger partial charge in [-0.05, 0) is 11.4 Å². The smallest absolute Gasteiger partial charge is 0.258 e. The molecule has 4 aromatic heterocycles. The molecule has 5 rings (SSSR count). The van der Waals surface area contributed by atoms with Crippen LogP contribution in [0.15, 0.2) is 45.2 Å². The van der Waals surface area contributed by atoms with Crippen molar-refractivity contribution < 1.29 is 4.79 Å². The van der Waals surface area contributed by atoms with Crippen LogP contribution < -0.4 is 5.56 Å². The number of piperazine rings is 1. The molecule has 5 heterocycles. The van der Waals surface area contributed by atoms with Gasteiger partial charge in [0.1, 0.15) is 16.2 Å². The van der Waals surface area contributed by atoms with Gasteiger partial charge in [0, 0.05) is 55.8 Å². The predicted octanol–water partition coefficient (Wildman–Crippen LogP) is 2.20. The lowest BCUT2D eigenvalue weighted by Gasteiger charge is -2.34. The molecule has 0 saturated carbocycles. The van der Waals surface area contributed by atoms with E-state index in [0.717, 1.165) is 34.0 Å². The van der Waals surface area contributed by atoms with Crippen LogP contribution in [0.25, 0.3) is 15.2 Å². The standard InChI is InChI=1S/C19H18N6O2S3/c26-15-9-13(22-19-25(15)6-8-29-19)10-23-2-4-24(5-3-23)16(27)11-30-18-14-1-7-28-17(14)20-12-21-18/h1,6-9,12H,2-5,10-11H2. The summed E-state index contributed by atoms with van der Waals surface area (Å²) in [6.07, 6.45) is 3.30. The summed E-state index contributed by atoms with van der Waals surface area (Å²) in [5.41, 5.74) is 0.730. The van der Waals surface area contributed by atoms with Crippen molar-refractivity contribution in [1.29, 1.82) is 0 Å². The van der Waals surface area contributed by atoms with Gasteiger partial charge in [-0.15, -0.1) is 22.7 Å². The molecule has 1 fully saturated rings. The molecule has 30 heavy (non-hydrogen) atoms. The molecule has 1 aliphatic heterocycles. The second-order valence-corrected chi connectivity index (χ2v) is 9.64. The molecule has 154 valence electrons. The third-order valence-corrected chi connectivity index (χ3v) is 7.59. The molecule has 8 nitrogen and oxygen atoms in total. The minimum absolute atomic E-state index is 0.0495. The number of hydrogen-bond donors (Lipinski definition) is 0. The van der Waals surface area contributed by atoms with Crippen molar-refractivity contribution in [3.8, 4) is 0 Å². The van der Waals surface area contributed by atoms with Crippen molar-refractivity contribution in [2.24, 2.45) is 0 Å². The molecule has 0 spiro atoms. The Kier molecular flexibility index (Phi) is 5.50. The SMILES string of the molecule is O=C(CSc1ncnc2sccc12)N1CCN(Cc2cc(=O)n3ccsc3n2)CC1. The van der Waals surface area contributed by atoms with Crippen molar-refractivity contribution in [2.75, 3.05) is 31.9 Å². The van der Waals surface area contributed by atoms with Gasteiger partial charge in [0.05, 0.1) is 11.4 Å². The summed E-state index contributed by atoms with van der Waals surface area (Å²) >= 11 is 4.50. The summed E-state index contributed by atoms with van der Waals surface area (Å²) < 4.78 is 1.56. The first-order chi connectivity index (χ1) is 14.7. The van der Waals surface area contributed by atoms with E-state index in [1.165, 1.54) is 23.1 Å². The lowest BCUT2D eigenvalue weighted by Crippen LogP contribution is -2.49. The summed E-state index contributed by atoms with van der Waals surface area (Å²) in [5.74, 6) is 0.494. The van der Waals surface area contributed by atoms with E-state index in [0.29, 0.717) is 30.3 Å². The Morgan fingerprint density at radius 1 is 1.13 bits per heavy atom. The lowest BCUT2D eigenvalue weighted by molar-refractivity contribution is -0.130. The molecular weight excluding hydrogens is 440 g/mol. The highest BCUT2D eigenvalue weighted by Gasteiger charge is 2.22. The van der Waals surface area contributed by atoms with E-state index < -0.39 is 0 Å². The largest absolute Gasteiger partial charge is 0.339 e. The Morgan fingerprint density at radius 2 is 2.00 bits per heavy atom. The number of rotatable bonds is 5. The Balaban J connectivity index is 1.16. The average Bonchev–Trinajstić information content (AvgIpc) is 3.42. The van der Waals surface area contributed by atoms with Crippen molar-refractivity contribution in [3.63, 3.8) is 0 Å². The summed E-state index contributed by atoms with van der Waals surface area (Å²) in [6, 6.07) is 3.60. The predicted molar refractivity (Wildman–Crippen MR) is 119 cm³/mol. The monoisotopic (exact) mass is 458 g/mol. The molecule has 11 heteroatoms. The minimum Gasteiger partial charge on any atom is -0.339 e. The van der Waals surface area contributed by atoms with Gasteiger partial charge in [0.15, 0.2) is 4.96 Å². The van der Waals surface area contributed by atoms with Gasteiger partial charge in [-0.25, -0.2) is 15.0 Å². The van der Waals surface area contributed by atoms with Crippen LogP contribution in [-0.4, -0.2) is 67.0 Å². The highest BCUT2D eigenvalue weighted by molar-refractivity contribution is 8.00. The zero-order valence-electron chi connectivity index (χ0n) is 15.9. The van der Waals surface area contributed by atoms with Gasteiger partial charge in [-0.2, -0.15) is 0 Å². The number of fused-ring (bicyclic) bond motifs is 2. The molecule has 0 bridgehead atoms. The van der Waals surface area contributed by atoms with Gasteiger partial charge in [0.25, 0.3) is 5.56 Å². The molecular formula is C19H18N6O2S3. The van der Waals surface area contributed by atoms with Crippen LogP contribution >= 0.6 is 34.4 Å². The van der Waals surface area contributed by atoms with Crippen LogP contribution in [0.2, 0.25) is 0 Å². The zero-order chi connectivity index (χ0) is 20.5. The van der Waals surface area contributed by atoms with Crippen molar-refractivity contribution in [3.05, 3.63) is 51.5 Å². The van der Waals surface area contributed by atoms with E-state index in [9.17, 15) is 9.59 Å². The van der Waals surface area contributed by atoms with Crippen LogP contribution in [0.3, 0.4) is 0 Å².